The second kappa shape index (κ2) is 6.47. The number of benzene rings is 1. The van der Waals surface area contributed by atoms with Gasteiger partial charge in [-0.3, -0.25) is 0 Å². The first-order chi connectivity index (χ1) is 7.99. The smallest absolute Gasteiger partial charge is 0.321 e. The van der Waals surface area contributed by atoms with E-state index in [-0.39, 0.29) is 6.03 Å². The van der Waals surface area contributed by atoms with Crippen LogP contribution in [0.25, 0.3) is 0 Å². The number of halogens is 1. The fourth-order valence-electron chi connectivity index (χ4n) is 1.23. The molecule has 0 saturated carbocycles. The molecule has 1 atom stereocenters. The maximum absolute atomic E-state index is 11.7. The molecule has 17 heavy (non-hydrogen) atoms. The molecule has 2 amide bonds. The minimum absolute atomic E-state index is 0.201. The Kier molecular flexibility index (Phi) is 5.25. The lowest BCUT2D eigenvalue weighted by atomic mass is 10.3. The molecule has 94 valence electrons. The highest BCUT2D eigenvalue weighted by molar-refractivity contribution is 6.30. The third-order valence-electron chi connectivity index (χ3n) is 2.32. The Morgan fingerprint density at radius 2 is 2.06 bits per heavy atom. The molecule has 0 aliphatic rings. The van der Waals surface area contributed by atoms with Gasteiger partial charge in [0.05, 0.1) is 6.10 Å². The minimum atomic E-state index is -0.402. The van der Waals surface area contributed by atoms with Gasteiger partial charge in [-0.25, -0.2) is 4.79 Å². The molecule has 0 aliphatic carbocycles. The SMILES string of the molecule is CC(O)CCN(C)C(=O)Nc1ccc(Cl)cc1. The van der Waals surface area contributed by atoms with Crippen LogP contribution >= 0.6 is 11.6 Å². The molecule has 0 bridgehead atoms. The van der Waals surface area contributed by atoms with Crippen molar-refractivity contribution >= 4 is 23.3 Å². The largest absolute Gasteiger partial charge is 0.393 e. The average molecular weight is 257 g/mol. The molecule has 4 nitrogen and oxygen atoms in total. The molecule has 2 N–H and O–H groups in total. The number of amides is 2. The van der Waals surface area contributed by atoms with Gasteiger partial charge in [-0.1, -0.05) is 11.6 Å². The van der Waals surface area contributed by atoms with Crippen LogP contribution in [0.4, 0.5) is 10.5 Å². The van der Waals surface area contributed by atoms with Gasteiger partial charge in [0, 0.05) is 24.3 Å². The van der Waals surface area contributed by atoms with Gasteiger partial charge >= 0.3 is 6.03 Å². The van der Waals surface area contributed by atoms with E-state index in [0.717, 1.165) is 0 Å². The quantitative estimate of drug-likeness (QED) is 0.870. The second-order valence-corrected chi connectivity index (χ2v) is 4.43. The van der Waals surface area contributed by atoms with Crippen LogP contribution in [-0.4, -0.2) is 35.7 Å². The number of anilines is 1. The molecule has 1 aromatic rings. The van der Waals surface area contributed by atoms with Gasteiger partial charge in [-0.2, -0.15) is 0 Å². The van der Waals surface area contributed by atoms with Gasteiger partial charge in [-0.15, -0.1) is 0 Å². The first kappa shape index (κ1) is 13.8. The van der Waals surface area contributed by atoms with E-state index >= 15 is 0 Å². The number of nitrogens with zero attached hydrogens (tertiary/aromatic N) is 1. The molecule has 0 saturated heterocycles. The number of urea groups is 1. The Morgan fingerprint density at radius 1 is 1.47 bits per heavy atom. The van der Waals surface area contributed by atoms with Crippen LogP contribution in [0.5, 0.6) is 0 Å². The highest BCUT2D eigenvalue weighted by atomic mass is 35.5. The number of carbonyl (C=O) groups is 1. The summed E-state index contributed by atoms with van der Waals surface area (Å²) in [6.07, 6.45) is 0.158. The third kappa shape index (κ3) is 5.06. The lowest BCUT2D eigenvalue weighted by Gasteiger charge is -2.18. The van der Waals surface area contributed by atoms with Crippen molar-refractivity contribution in [3.63, 3.8) is 0 Å². The molecule has 0 spiro atoms. The van der Waals surface area contributed by atoms with E-state index in [4.69, 9.17) is 16.7 Å². The number of aliphatic hydroxyl groups excluding tert-OH is 1. The molecule has 1 aromatic carbocycles. The zero-order valence-corrected chi connectivity index (χ0v) is 10.7. The Hall–Kier alpha value is -1.26. The lowest BCUT2D eigenvalue weighted by Crippen LogP contribution is -2.33. The third-order valence-corrected chi connectivity index (χ3v) is 2.58. The predicted molar refractivity (Wildman–Crippen MR) is 69.4 cm³/mol. The van der Waals surface area contributed by atoms with Gasteiger partial charge in [0.25, 0.3) is 0 Å². The normalized spacial score (nSPS) is 12.0. The van der Waals surface area contributed by atoms with Crippen LogP contribution in [0.15, 0.2) is 24.3 Å². The van der Waals surface area contributed by atoms with E-state index in [9.17, 15) is 4.79 Å². The van der Waals surface area contributed by atoms with E-state index in [0.29, 0.717) is 23.7 Å². The maximum atomic E-state index is 11.7. The molecule has 1 unspecified atom stereocenters. The first-order valence-electron chi connectivity index (χ1n) is 5.45. The van der Waals surface area contributed by atoms with Crippen molar-refractivity contribution in [2.24, 2.45) is 0 Å². The summed E-state index contributed by atoms with van der Waals surface area (Å²) in [4.78, 5) is 13.2. The van der Waals surface area contributed by atoms with E-state index in [1.807, 2.05) is 0 Å². The Balaban J connectivity index is 2.45. The molecule has 5 heteroatoms. The van der Waals surface area contributed by atoms with Crippen molar-refractivity contribution in [2.45, 2.75) is 19.4 Å². The van der Waals surface area contributed by atoms with Crippen LogP contribution in [0.1, 0.15) is 13.3 Å². The summed E-state index contributed by atoms with van der Waals surface area (Å²) < 4.78 is 0. The molecule has 0 fully saturated rings. The maximum Gasteiger partial charge on any atom is 0.321 e. The summed E-state index contributed by atoms with van der Waals surface area (Å²) in [5.74, 6) is 0. The van der Waals surface area contributed by atoms with E-state index in [1.165, 1.54) is 4.90 Å². The second-order valence-electron chi connectivity index (χ2n) is 4.00. The number of nitrogens with one attached hydrogen (secondary N) is 1. The summed E-state index contributed by atoms with van der Waals surface area (Å²) >= 11 is 5.74. The van der Waals surface area contributed by atoms with Gasteiger partial charge < -0.3 is 15.3 Å². The van der Waals surface area contributed by atoms with Gasteiger partial charge in [0.15, 0.2) is 0 Å². The van der Waals surface area contributed by atoms with Crippen molar-refractivity contribution in [1.82, 2.24) is 4.90 Å². The molecular weight excluding hydrogens is 240 g/mol. The topological polar surface area (TPSA) is 52.6 Å². The Labute approximate surface area is 106 Å². The van der Waals surface area contributed by atoms with Crippen LogP contribution in [-0.2, 0) is 0 Å². The molecule has 0 aliphatic heterocycles. The van der Waals surface area contributed by atoms with Crippen molar-refractivity contribution < 1.29 is 9.90 Å². The molecule has 0 heterocycles. The molecule has 0 radical (unpaired) electrons. The number of hydrogen-bond acceptors (Lipinski definition) is 2. The number of carbonyl (C=O) groups excluding carboxylic acids is 1. The summed E-state index contributed by atoms with van der Waals surface area (Å²) in [7, 11) is 1.69. The van der Waals surface area contributed by atoms with Crippen molar-refractivity contribution in [3.05, 3.63) is 29.3 Å². The number of hydrogen-bond donors (Lipinski definition) is 2. The zero-order valence-electron chi connectivity index (χ0n) is 9.98. The number of rotatable bonds is 4. The van der Waals surface area contributed by atoms with Gasteiger partial charge in [0.2, 0.25) is 0 Å². The lowest BCUT2D eigenvalue weighted by molar-refractivity contribution is 0.167. The molecular formula is C12H17ClN2O2. The van der Waals surface area contributed by atoms with Gasteiger partial charge in [-0.05, 0) is 37.6 Å². The fraction of sp³-hybridized carbons (Fsp3) is 0.417. The fourth-order valence-corrected chi connectivity index (χ4v) is 1.36. The van der Waals surface area contributed by atoms with Gasteiger partial charge in [0.1, 0.15) is 0 Å². The van der Waals surface area contributed by atoms with Crippen LogP contribution in [0.3, 0.4) is 0 Å². The molecule has 1 rings (SSSR count). The highest BCUT2D eigenvalue weighted by Crippen LogP contribution is 2.13. The Morgan fingerprint density at radius 3 is 2.59 bits per heavy atom. The van der Waals surface area contributed by atoms with E-state index in [1.54, 1.807) is 38.2 Å². The minimum Gasteiger partial charge on any atom is -0.393 e. The highest BCUT2D eigenvalue weighted by Gasteiger charge is 2.09. The van der Waals surface area contributed by atoms with Crippen LogP contribution < -0.4 is 5.32 Å². The molecule has 0 aromatic heterocycles. The van der Waals surface area contributed by atoms with Crippen molar-refractivity contribution in [2.75, 3.05) is 18.9 Å². The van der Waals surface area contributed by atoms with E-state index < -0.39 is 6.10 Å². The first-order valence-corrected chi connectivity index (χ1v) is 5.82. The zero-order chi connectivity index (χ0) is 12.8. The van der Waals surface area contributed by atoms with E-state index in [2.05, 4.69) is 5.32 Å². The standard InChI is InChI=1S/C12H17ClN2O2/c1-9(16)7-8-15(2)12(17)14-11-5-3-10(13)4-6-11/h3-6,9,16H,7-8H2,1-2H3,(H,14,17). The number of aliphatic hydroxyl groups is 1. The van der Waals surface area contributed by atoms with Crippen molar-refractivity contribution in [3.8, 4) is 0 Å². The summed E-state index contributed by atoms with van der Waals surface area (Å²) in [5, 5.41) is 12.5. The summed E-state index contributed by atoms with van der Waals surface area (Å²) in [5.41, 5.74) is 0.697. The van der Waals surface area contributed by atoms with Crippen LogP contribution in [0.2, 0.25) is 5.02 Å². The van der Waals surface area contributed by atoms with Crippen molar-refractivity contribution in [1.29, 1.82) is 0 Å². The Bertz CT molecular complexity index is 365. The average Bonchev–Trinajstić information content (AvgIpc) is 2.28. The predicted octanol–water partition coefficient (Wildman–Crippen LogP) is 2.57. The summed E-state index contributed by atoms with van der Waals surface area (Å²) in [6, 6.07) is 6.71. The van der Waals surface area contributed by atoms with Crippen LogP contribution in [0, 0.1) is 0 Å². The monoisotopic (exact) mass is 256 g/mol. The summed E-state index contributed by atoms with van der Waals surface area (Å²) in [6.45, 7) is 2.21.